The van der Waals surface area contributed by atoms with Gasteiger partial charge in [0.05, 0.1) is 31.5 Å². The summed E-state index contributed by atoms with van der Waals surface area (Å²) in [5.74, 6) is -0.373. The molecule has 0 bridgehead atoms. The molecule has 1 heterocycles. The van der Waals surface area contributed by atoms with Crippen LogP contribution in [0.4, 0.5) is 11.4 Å². The van der Waals surface area contributed by atoms with E-state index in [-0.39, 0.29) is 24.8 Å². The minimum Gasteiger partial charge on any atom is -0.469 e. The van der Waals surface area contributed by atoms with E-state index in [4.69, 9.17) is 0 Å². The van der Waals surface area contributed by atoms with Crippen LogP contribution in [-0.4, -0.2) is 32.1 Å². The number of nitrogens with zero attached hydrogens (tertiary/aromatic N) is 1. The zero-order chi connectivity index (χ0) is 13.1. The molecule has 0 saturated carbocycles. The summed E-state index contributed by atoms with van der Waals surface area (Å²) >= 11 is 3.37. The number of anilines is 2. The van der Waals surface area contributed by atoms with Crippen LogP contribution in [0.5, 0.6) is 0 Å². The Bertz CT molecular complexity index is 490. The number of benzene rings is 1. The summed E-state index contributed by atoms with van der Waals surface area (Å²) in [6.45, 7) is 0.576. The molecule has 1 aliphatic heterocycles. The van der Waals surface area contributed by atoms with Crippen molar-refractivity contribution in [3.8, 4) is 0 Å². The Morgan fingerprint density at radius 1 is 1.56 bits per heavy atom. The molecule has 1 aromatic rings. The number of nitrogens with one attached hydrogen (secondary N) is 1. The summed E-state index contributed by atoms with van der Waals surface area (Å²) in [6, 6.07) is 5.66. The van der Waals surface area contributed by atoms with Gasteiger partial charge in [-0.15, -0.1) is 0 Å². The van der Waals surface area contributed by atoms with E-state index >= 15 is 0 Å². The lowest BCUT2D eigenvalue weighted by Crippen LogP contribution is -2.41. The van der Waals surface area contributed by atoms with Crippen molar-refractivity contribution < 1.29 is 14.3 Å². The van der Waals surface area contributed by atoms with Crippen molar-refractivity contribution in [3.05, 3.63) is 22.7 Å². The van der Waals surface area contributed by atoms with E-state index in [1.807, 2.05) is 18.2 Å². The number of fused-ring (bicyclic) bond motifs is 1. The lowest BCUT2D eigenvalue weighted by molar-refractivity contribution is -0.140. The van der Waals surface area contributed by atoms with Crippen molar-refractivity contribution in [3.63, 3.8) is 0 Å². The first-order valence-electron chi connectivity index (χ1n) is 5.52. The molecule has 6 heteroatoms. The van der Waals surface area contributed by atoms with Crippen molar-refractivity contribution in [1.82, 2.24) is 0 Å². The minimum atomic E-state index is -0.321. The standard InChI is InChI=1S/C12H13BrN2O3/c1-18-12(17)4-5-15-10-6-8(13)2-3-9(10)14-7-11(15)16/h2-3,6,14H,4-5,7H2,1H3. The molecule has 0 aliphatic carbocycles. The normalized spacial score (nSPS) is 13.9. The number of hydrogen-bond acceptors (Lipinski definition) is 4. The van der Waals surface area contributed by atoms with Crippen molar-refractivity contribution >= 4 is 39.2 Å². The van der Waals surface area contributed by atoms with Crippen molar-refractivity contribution in [2.24, 2.45) is 0 Å². The van der Waals surface area contributed by atoms with Gasteiger partial charge in [0.2, 0.25) is 5.91 Å². The SMILES string of the molecule is COC(=O)CCN1C(=O)CNc2ccc(Br)cc21. The zero-order valence-electron chi connectivity index (χ0n) is 9.90. The number of carbonyl (C=O) groups is 2. The maximum Gasteiger partial charge on any atom is 0.307 e. The second-order valence-electron chi connectivity index (χ2n) is 3.89. The molecule has 0 fully saturated rings. The number of halogens is 1. The van der Waals surface area contributed by atoms with Gasteiger partial charge in [-0.05, 0) is 18.2 Å². The monoisotopic (exact) mass is 312 g/mol. The first-order chi connectivity index (χ1) is 8.61. The van der Waals surface area contributed by atoms with Crippen LogP contribution in [0, 0.1) is 0 Å². The van der Waals surface area contributed by atoms with Crippen molar-refractivity contribution in [2.75, 3.05) is 30.4 Å². The number of rotatable bonds is 3. The topological polar surface area (TPSA) is 58.6 Å². The van der Waals surface area contributed by atoms with Gasteiger partial charge in [0, 0.05) is 11.0 Å². The lowest BCUT2D eigenvalue weighted by atomic mass is 10.2. The molecule has 5 nitrogen and oxygen atoms in total. The number of hydrogen-bond donors (Lipinski definition) is 1. The average molecular weight is 313 g/mol. The minimum absolute atomic E-state index is 0.0514. The van der Waals surface area contributed by atoms with Gasteiger partial charge in [0.15, 0.2) is 0 Å². The Morgan fingerprint density at radius 2 is 2.33 bits per heavy atom. The fraction of sp³-hybridized carbons (Fsp3) is 0.333. The molecule has 1 N–H and O–H groups in total. The van der Waals surface area contributed by atoms with Gasteiger partial charge >= 0.3 is 5.97 Å². The second kappa shape index (κ2) is 5.39. The largest absolute Gasteiger partial charge is 0.469 e. The Hall–Kier alpha value is -1.56. The van der Waals surface area contributed by atoms with Crippen LogP contribution in [0.25, 0.3) is 0 Å². The van der Waals surface area contributed by atoms with Crippen LogP contribution in [0.15, 0.2) is 22.7 Å². The highest BCUT2D eigenvalue weighted by atomic mass is 79.9. The number of amides is 1. The maximum absolute atomic E-state index is 11.9. The molecule has 0 saturated heterocycles. The molecule has 1 aromatic carbocycles. The predicted octanol–water partition coefficient (Wildman–Crippen LogP) is 1.77. The molecule has 1 amide bonds. The van der Waals surface area contributed by atoms with E-state index in [2.05, 4.69) is 26.0 Å². The van der Waals surface area contributed by atoms with Gasteiger partial charge in [0.1, 0.15) is 0 Å². The van der Waals surface area contributed by atoms with E-state index < -0.39 is 0 Å². The summed E-state index contributed by atoms with van der Waals surface area (Å²) in [5.41, 5.74) is 1.67. The van der Waals surface area contributed by atoms with Gasteiger partial charge in [-0.2, -0.15) is 0 Å². The van der Waals surface area contributed by atoms with Crippen LogP contribution in [0.3, 0.4) is 0 Å². The molecule has 0 atom stereocenters. The molecule has 0 aromatic heterocycles. The third-order valence-corrected chi connectivity index (χ3v) is 3.24. The van der Waals surface area contributed by atoms with Crippen LogP contribution in [0.2, 0.25) is 0 Å². The highest BCUT2D eigenvalue weighted by Crippen LogP contribution is 2.32. The third-order valence-electron chi connectivity index (χ3n) is 2.75. The summed E-state index contributed by atoms with van der Waals surface area (Å²) in [5, 5.41) is 3.04. The molecule has 0 unspecified atom stereocenters. The number of ether oxygens (including phenoxy) is 1. The smallest absolute Gasteiger partial charge is 0.307 e. The Kier molecular flexibility index (Phi) is 3.86. The molecule has 96 valence electrons. The molecule has 18 heavy (non-hydrogen) atoms. The third kappa shape index (κ3) is 2.64. The van der Waals surface area contributed by atoms with Crippen LogP contribution in [0.1, 0.15) is 6.42 Å². The molecular formula is C12H13BrN2O3. The average Bonchev–Trinajstić information content (AvgIpc) is 2.37. The summed E-state index contributed by atoms with van der Waals surface area (Å²) in [4.78, 5) is 24.6. The highest BCUT2D eigenvalue weighted by Gasteiger charge is 2.24. The zero-order valence-corrected chi connectivity index (χ0v) is 11.5. The second-order valence-corrected chi connectivity index (χ2v) is 4.80. The maximum atomic E-state index is 11.9. The first-order valence-corrected chi connectivity index (χ1v) is 6.31. The van der Waals surface area contributed by atoms with E-state index in [0.717, 1.165) is 15.8 Å². The molecule has 0 spiro atoms. The molecular weight excluding hydrogens is 300 g/mol. The summed E-state index contributed by atoms with van der Waals surface area (Å²) in [7, 11) is 1.34. The lowest BCUT2D eigenvalue weighted by Gasteiger charge is -2.30. The van der Waals surface area contributed by atoms with Gasteiger partial charge in [-0.3, -0.25) is 9.59 Å². The van der Waals surface area contributed by atoms with Crippen LogP contribution in [-0.2, 0) is 14.3 Å². The van der Waals surface area contributed by atoms with E-state index in [0.29, 0.717) is 6.54 Å². The molecule has 2 rings (SSSR count). The highest BCUT2D eigenvalue weighted by molar-refractivity contribution is 9.10. The summed E-state index contributed by atoms with van der Waals surface area (Å²) in [6.07, 6.45) is 0.189. The fourth-order valence-electron chi connectivity index (χ4n) is 1.83. The quantitative estimate of drug-likeness (QED) is 0.864. The van der Waals surface area contributed by atoms with E-state index in [1.165, 1.54) is 7.11 Å². The Labute approximate surface area is 113 Å². The van der Waals surface area contributed by atoms with Gasteiger partial charge in [-0.1, -0.05) is 15.9 Å². The van der Waals surface area contributed by atoms with Crippen LogP contribution < -0.4 is 10.2 Å². The Balaban J connectivity index is 2.21. The van der Waals surface area contributed by atoms with Gasteiger partial charge < -0.3 is 15.0 Å². The van der Waals surface area contributed by atoms with E-state index in [9.17, 15) is 9.59 Å². The predicted molar refractivity (Wildman–Crippen MR) is 71.6 cm³/mol. The molecule has 1 aliphatic rings. The number of carbonyl (C=O) groups excluding carboxylic acids is 2. The fourth-order valence-corrected chi connectivity index (χ4v) is 2.18. The number of esters is 1. The van der Waals surface area contributed by atoms with Gasteiger partial charge in [-0.25, -0.2) is 0 Å². The number of methoxy groups -OCH3 is 1. The first kappa shape index (κ1) is 12.9. The van der Waals surface area contributed by atoms with Crippen LogP contribution >= 0.6 is 15.9 Å². The van der Waals surface area contributed by atoms with Gasteiger partial charge in [0.25, 0.3) is 0 Å². The Morgan fingerprint density at radius 3 is 3.06 bits per heavy atom. The molecule has 0 radical (unpaired) electrons. The van der Waals surface area contributed by atoms with Crippen molar-refractivity contribution in [1.29, 1.82) is 0 Å². The van der Waals surface area contributed by atoms with E-state index in [1.54, 1.807) is 4.90 Å². The van der Waals surface area contributed by atoms with Crippen molar-refractivity contribution in [2.45, 2.75) is 6.42 Å². The summed E-state index contributed by atoms with van der Waals surface area (Å²) < 4.78 is 5.48.